The summed E-state index contributed by atoms with van der Waals surface area (Å²) >= 11 is 6.05. The van der Waals surface area contributed by atoms with Gasteiger partial charge in [0, 0.05) is 11.5 Å². The molecule has 0 spiro atoms. The molecule has 3 fully saturated rings. The summed E-state index contributed by atoms with van der Waals surface area (Å²) in [6, 6.07) is 14.4. The number of allylic oxidation sites excluding steroid dienone is 2. The first-order chi connectivity index (χ1) is 21.9. The molecule has 0 aromatic heterocycles. The number of phenols is 1. The summed E-state index contributed by atoms with van der Waals surface area (Å²) in [5.41, 5.74) is 0.435. The number of carbonyl (C=O) groups excluding carboxylic acids is 4. The Morgan fingerprint density at radius 3 is 2.37 bits per heavy atom. The van der Waals surface area contributed by atoms with E-state index in [9.17, 15) is 38.6 Å². The van der Waals surface area contributed by atoms with E-state index in [0.717, 1.165) is 15.9 Å². The molecular formula is C35H28ClFN2O7. The van der Waals surface area contributed by atoms with Gasteiger partial charge in [0.1, 0.15) is 11.6 Å². The van der Waals surface area contributed by atoms with Crippen molar-refractivity contribution in [3.8, 4) is 5.75 Å². The molecule has 0 bridgehead atoms. The third-order valence-corrected chi connectivity index (χ3v) is 10.7. The minimum Gasteiger partial charge on any atom is -0.507 e. The SMILES string of the molecule is Cc1cccc([C@H]2C3=CC[C@@H]4C(=O)N(c5cccc(C(=O)O)c5)C(=O)[C@@H]4[C@@H]3C[C@H]3C(=O)N(c4ccc(F)c(Cl)c4)C(=O)[C@@]23C)c1O. The zero-order valence-electron chi connectivity index (χ0n) is 24.7. The van der Waals surface area contributed by atoms with Crippen LogP contribution in [0.1, 0.15) is 47.2 Å². The standard InChI is InChI=1S/C35H28ClFN2O7/c1-16-5-3-8-22(29(16)40)28-20-10-11-21-27(32(43)38(30(21)41)18-7-4-6-17(13-18)33(44)45)23(20)15-24-31(42)39(34(46)35(24,28)2)19-9-12-26(37)25(36)14-19/h3-10,12-14,21,23-24,27-28,40H,11,15H2,1-2H3,(H,44,45)/t21-,23+,24-,27-,28+,35+/m0/s1. The third-order valence-electron chi connectivity index (χ3n) is 10.4. The van der Waals surface area contributed by atoms with Gasteiger partial charge < -0.3 is 10.2 Å². The Labute approximate surface area is 267 Å². The molecule has 2 saturated heterocycles. The summed E-state index contributed by atoms with van der Waals surface area (Å²) in [5, 5.41) is 20.6. The molecule has 1 saturated carbocycles. The van der Waals surface area contributed by atoms with E-state index < -0.39 is 70.4 Å². The minimum absolute atomic E-state index is 0.0411. The van der Waals surface area contributed by atoms with Crippen LogP contribution in [0.2, 0.25) is 5.02 Å². The maximum Gasteiger partial charge on any atom is 0.335 e. The fourth-order valence-corrected chi connectivity index (χ4v) is 8.35. The van der Waals surface area contributed by atoms with Crippen LogP contribution in [0.15, 0.2) is 72.3 Å². The van der Waals surface area contributed by atoms with Crippen LogP contribution in [0, 0.1) is 41.8 Å². The Hall–Kier alpha value is -4.83. The summed E-state index contributed by atoms with van der Waals surface area (Å²) in [6.07, 6.45) is 2.11. The van der Waals surface area contributed by atoms with Gasteiger partial charge in [-0.15, -0.1) is 0 Å². The van der Waals surface area contributed by atoms with Crippen molar-refractivity contribution in [3.63, 3.8) is 0 Å². The van der Waals surface area contributed by atoms with Crippen LogP contribution in [0.5, 0.6) is 5.75 Å². The fraction of sp³-hybridized carbons (Fsp3) is 0.286. The van der Waals surface area contributed by atoms with Crippen LogP contribution in [-0.4, -0.2) is 39.8 Å². The smallest absolute Gasteiger partial charge is 0.335 e. The predicted molar refractivity (Wildman–Crippen MR) is 165 cm³/mol. The number of halogens is 2. The number of benzene rings is 3. The first-order valence-corrected chi connectivity index (χ1v) is 15.3. The highest BCUT2D eigenvalue weighted by Crippen LogP contribution is 2.64. The van der Waals surface area contributed by atoms with E-state index in [4.69, 9.17) is 11.6 Å². The highest BCUT2D eigenvalue weighted by Gasteiger charge is 2.68. The number of nitrogens with zero attached hydrogens (tertiary/aromatic N) is 2. The van der Waals surface area contributed by atoms with Gasteiger partial charge in [0.25, 0.3) is 0 Å². The second-order valence-corrected chi connectivity index (χ2v) is 13.0. The molecular weight excluding hydrogens is 615 g/mol. The molecule has 2 aliphatic carbocycles. The molecule has 6 atom stereocenters. The molecule has 2 aliphatic heterocycles. The van der Waals surface area contributed by atoms with E-state index in [0.29, 0.717) is 16.7 Å². The number of anilines is 2. The normalized spacial score (nSPS) is 28.6. The number of carbonyl (C=O) groups is 5. The van der Waals surface area contributed by atoms with Gasteiger partial charge >= 0.3 is 5.97 Å². The topological polar surface area (TPSA) is 132 Å². The van der Waals surface area contributed by atoms with Crippen LogP contribution in [-0.2, 0) is 19.2 Å². The number of aryl methyl sites for hydroxylation is 1. The maximum atomic E-state index is 14.5. The highest BCUT2D eigenvalue weighted by atomic mass is 35.5. The van der Waals surface area contributed by atoms with Gasteiger partial charge in [-0.2, -0.15) is 0 Å². The lowest BCUT2D eigenvalue weighted by atomic mass is 9.51. The largest absolute Gasteiger partial charge is 0.507 e. The maximum absolute atomic E-state index is 14.5. The molecule has 3 aromatic rings. The van der Waals surface area contributed by atoms with Crippen molar-refractivity contribution >= 4 is 52.6 Å². The first kappa shape index (κ1) is 29.9. The predicted octanol–water partition coefficient (Wildman–Crippen LogP) is 5.63. The van der Waals surface area contributed by atoms with E-state index >= 15 is 0 Å². The Morgan fingerprint density at radius 2 is 1.65 bits per heavy atom. The number of para-hydroxylation sites is 1. The Balaban J connectivity index is 1.37. The van der Waals surface area contributed by atoms with Crippen molar-refractivity contribution in [2.24, 2.45) is 29.1 Å². The number of carboxylic acid groups (broad SMARTS) is 1. The zero-order valence-corrected chi connectivity index (χ0v) is 25.5. The van der Waals surface area contributed by atoms with Gasteiger partial charge in [0.05, 0.1) is 45.1 Å². The summed E-state index contributed by atoms with van der Waals surface area (Å²) in [7, 11) is 0. The molecule has 4 amide bonds. The molecule has 4 aliphatic rings. The number of fused-ring (bicyclic) bond motifs is 4. The monoisotopic (exact) mass is 642 g/mol. The van der Waals surface area contributed by atoms with Gasteiger partial charge in [-0.05, 0) is 74.6 Å². The summed E-state index contributed by atoms with van der Waals surface area (Å²) in [4.78, 5) is 70.4. The molecule has 2 N–H and O–H groups in total. The van der Waals surface area contributed by atoms with Gasteiger partial charge in [0.2, 0.25) is 23.6 Å². The van der Waals surface area contributed by atoms with Crippen molar-refractivity contribution in [3.05, 3.63) is 99.8 Å². The van der Waals surface area contributed by atoms with Crippen molar-refractivity contribution < 1.29 is 38.6 Å². The molecule has 46 heavy (non-hydrogen) atoms. The molecule has 2 heterocycles. The van der Waals surface area contributed by atoms with Crippen molar-refractivity contribution in [1.82, 2.24) is 0 Å². The lowest BCUT2D eigenvalue weighted by Gasteiger charge is -2.49. The number of carboxylic acids is 1. The van der Waals surface area contributed by atoms with Crippen molar-refractivity contribution in [2.75, 3.05) is 9.80 Å². The fourth-order valence-electron chi connectivity index (χ4n) is 8.18. The van der Waals surface area contributed by atoms with Crippen LogP contribution in [0.3, 0.4) is 0 Å². The number of phenolic OH excluding ortho intramolecular Hbond substituents is 1. The van der Waals surface area contributed by atoms with E-state index in [2.05, 4.69) is 0 Å². The number of aromatic carboxylic acids is 1. The van der Waals surface area contributed by atoms with Crippen LogP contribution in [0.25, 0.3) is 0 Å². The molecule has 11 heteroatoms. The summed E-state index contributed by atoms with van der Waals surface area (Å²) < 4.78 is 14.1. The average Bonchev–Trinajstić information content (AvgIpc) is 3.40. The van der Waals surface area contributed by atoms with E-state index in [-0.39, 0.29) is 40.6 Å². The molecule has 7 rings (SSSR count). The molecule has 0 radical (unpaired) electrons. The summed E-state index contributed by atoms with van der Waals surface area (Å²) in [6.45, 7) is 3.41. The Morgan fingerprint density at radius 1 is 0.935 bits per heavy atom. The number of aromatic hydroxyl groups is 1. The van der Waals surface area contributed by atoms with E-state index in [1.54, 1.807) is 32.0 Å². The first-order valence-electron chi connectivity index (χ1n) is 14.9. The molecule has 9 nitrogen and oxygen atoms in total. The molecule has 234 valence electrons. The number of hydrogen-bond donors (Lipinski definition) is 2. The lowest BCUT2D eigenvalue weighted by Crippen LogP contribution is -2.49. The second kappa shape index (κ2) is 10.3. The van der Waals surface area contributed by atoms with Gasteiger partial charge in [-0.3, -0.25) is 24.1 Å². The quantitative estimate of drug-likeness (QED) is 0.279. The average molecular weight is 643 g/mol. The van der Waals surface area contributed by atoms with Crippen molar-refractivity contribution in [1.29, 1.82) is 0 Å². The van der Waals surface area contributed by atoms with Gasteiger partial charge in [-0.1, -0.05) is 47.5 Å². The molecule has 3 aromatic carbocycles. The van der Waals surface area contributed by atoms with E-state index in [1.807, 2.05) is 6.08 Å². The number of amides is 4. The van der Waals surface area contributed by atoms with Crippen LogP contribution in [0.4, 0.5) is 15.8 Å². The second-order valence-electron chi connectivity index (χ2n) is 12.6. The number of imide groups is 2. The number of hydrogen-bond acceptors (Lipinski definition) is 6. The van der Waals surface area contributed by atoms with Crippen molar-refractivity contribution in [2.45, 2.75) is 32.6 Å². The Kier molecular flexibility index (Phi) is 6.72. The minimum atomic E-state index is -1.40. The lowest BCUT2D eigenvalue weighted by molar-refractivity contribution is -0.131. The third kappa shape index (κ3) is 4.02. The molecule has 0 unspecified atom stereocenters. The van der Waals surface area contributed by atoms with Crippen LogP contribution < -0.4 is 9.80 Å². The van der Waals surface area contributed by atoms with Crippen LogP contribution >= 0.6 is 11.6 Å². The zero-order chi connectivity index (χ0) is 32.8. The Bertz CT molecular complexity index is 1940. The summed E-state index contributed by atoms with van der Waals surface area (Å²) in [5.74, 6) is -8.08. The van der Waals surface area contributed by atoms with E-state index in [1.165, 1.54) is 36.4 Å². The van der Waals surface area contributed by atoms with Gasteiger partial charge in [0.15, 0.2) is 0 Å². The van der Waals surface area contributed by atoms with Gasteiger partial charge in [-0.25, -0.2) is 14.1 Å². The number of rotatable bonds is 4. The highest BCUT2D eigenvalue weighted by molar-refractivity contribution is 6.32.